The number of ether oxygens (including phenoxy) is 2. The molecule has 1 fully saturated rings. The number of hydrogen-bond donors (Lipinski definition) is 0. The summed E-state index contributed by atoms with van der Waals surface area (Å²) < 4.78 is 39.0. The van der Waals surface area contributed by atoms with E-state index in [2.05, 4.69) is 0 Å². The van der Waals surface area contributed by atoms with E-state index in [1.165, 1.54) is 22.5 Å². The van der Waals surface area contributed by atoms with Crippen molar-refractivity contribution in [2.24, 2.45) is 0 Å². The fourth-order valence-electron chi connectivity index (χ4n) is 3.40. The molecule has 5 nitrogen and oxygen atoms in total. The van der Waals surface area contributed by atoms with E-state index in [0.717, 1.165) is 18.4 Å². The van der Waals surface area contributed by atoms with Crippen molar-refractivity contribution in [1.82, 2.24) is 4.31 Å². The maximum absolute atomic E-state index is 13.1. The fraction of sp³-hybridized carbons (Fsp3) is 0.333. The minimum Gasteiger partial charge on any atom is -0.486 e. The summed E-state index contributed by atoms with van der Waals surface area (Å²) in [6.45, 7) is 1.47. The Labute approximate surface area is 162 Å². The predicted octanol–water partition coefficient (Wildman–Crippen LogP) is 4.29. The Balaban J connectivity index is 1.69. The van der Waals surface area contributed by atoms with Crippen LogP contribution in [0.25, 0.3) is 0 Å². The minimum atomic E-state index is -3.68. The van der Waals surface area contributed by atoms with Crippen molar-refractivity contribution in [3.8, 4) is 11.5 Å². The largest absolute Gasteiger partial charge is 0.486 e. The highest BCUT2D eigenvalue weighted by molar-refractivity contribution is 7.89. The number of hydrogen-bond acceptors (Lipinski definition) is 4. The van der Waals surface area contributed by atoms with E-state index in [0.29, 0.717) is 36.3 Å². The van der Waals surface area contributed by atoms with Crippen molar-refractivity contribution < 1.29 is 17.9 Å². The average molecular weight is 414 g/mol. The van der Waals surface area contributed by atoms with Crippen LogP contribution in [0.4, 0.5) is 0 Å². The van der Waals surface area contributed by atoms with Crippen LogP contribution < -0.4 is 9.47 Å². The smallest absolute Gasteiger partial charge is 0.243 e. The SMILES string of the molecule is O=S(=O)(c1ccc(Cl)c(Cl)c1)N1CCC[C@@H]1c1ccc2c(c1)OCCO2. The summed E-state index contributed by atoms with van der Waals surface area (Å²) >= 11 is 11.9. The topological polar surface area (TPSA) is 55.8 Å². The van der Waals surface area contributed by atoms with Crippen LogP contribution in [0.5, 0.6) is 11.5 Å². The molecule has 2 aromatic carbocycles. The van der Waals surface area contributed by atoms with Crippen LogP contribution in [0, 0.1) is 0 Å². The van der Waals surface area contributed by atoms with Crippen LogP contribution in [0.2, 0.25) is 10.0 Å². The van der Waals surface area contributed by atoms with Crippen molar-refractivity contribution >= 4 is 33.2 Å². The van der Waals surface area contributed by atoms with Gasteiger partial charge in [0.1, 0.15) is 13.2 Å². The summed E-state index contributed by atoms with van der Waals surface area (Å²) in [5.74, 6) is 1.35. The molecular weight excluding hydrogens is 397 g/mol. The summed E-state index contributed by atoms with van der Waals surface area (Å²) in [6, 6.07) is 9.77. The Morgan fingerprint density at radius 1 is 0.962 bits per heavy atom. The third kappa shape index (κ3) is 3.16. The Morgan fingerprint density at radius 3 is 2.50 bits per heavy atom. The third-order valence-electron chi connectivity index (χ3n) is 4.65. The molecule has 0 bridgehead atoms. The normalized spacial score (nSPS) is 20.3. The molecule has 138 valence electrons. The molecule has 4 rings (SSSR count). The maximum Gasteiger partial charge on any atom is 0.243 e. The number of benzene rings is 2. The lowest BCUT2D eigenvalue weighted by Crippen LogP contribution is -2.30. The van der Waals surface area contributed by atoms with Crippen LogP contribution in [-0.2, 0) is 10.0 Å². The summed E-state index contributed by atoms with van der Waals surface area (Å²) in [4.78, 5) is 0.149. The Morgan fingerprint density at radius 2 is 1.73 bits per heavy atom. The summed E-state index contributed by atoms with van der Waals surface area (Å²) in [5, 5.41) is 0.554. The molecule has 0 aromatic heterocycles. The zero-order valence-electron chi connectivity index (χ0n) is 13.8. The monoisotopic (exact) mass is 413 g/mol. The molecule has 2 heterocycles. The van der Waals surface area contributed by atoms with E-state index in [9.17, 15) is 8.42 Å². The molecule has 0 aliphatic carbocycles. The number of nitrogens with zero attached hydrogens (tertiary/aromatic N) is 1. The van der Waals surface area contributed by atoms with Crippen LogP contribution in [-0.4, -0.2) is 32.5 Å². The zero-order valence-corrected chi connectivity index (χ0v) is 16.1. The standard InChI is InChI=1S/C18H17Cl2NO4S/c19-14-5-4-13(11-15(14)20)26(22,23)21-7-1-2-16(21)12-3-6-17-18(10-12)25-9-8-24-17/h3-6,10-11,16H,1-2,7-9H2/t16-/m1/s1. The van der Waals surface area contributed by atoms with Gasteiger partial charge in [0.2, 0.25) is 10.0 Å². The number of rotatable bonds is 3. The molecule has 26 heavy (non-hydrogen) atoms. The zero-order chi connectivity index (χ0) is 18.3. The van der Waals surface area contributed by atoms with Crippen molar-refractivity contribution in [3.63, 3.8) is 0 Å². The number of sulfonamides is 1. The van der Waals surface area contributed by atoms with Gasteiger partial charge in [0, 0.05) is 6.54 Å². The second-order valence-electron chi connectivity index (χ2n) is 6.25. The molecule has 0 unspecified atom stereocenters. The highest BCUT2D eigenvalue weighted by Gasteiger charge is 2.36. The molecule has 0 radical (unpaired) electrons. The van der Waals surface area contributed by atoms with Gasteiger partial charge in [-0.15, -0.1) is 0 Å². The Hall–Kier alpha value is -1.47. The Bertz CT molecular complexity index is 948. The van der Waals surface area contributed by atoms with Gasteiger partial charge in [0.05, 0.1) is 21.0 Å². The predicted molar refractivity (Wildman–Crippen MR) is 99.8 cm³/mol. The van der Waals surface area contributed by atoms with E-state index < -0.39 is 10.0 Å². The van der Waals surface area contributed by atoms with Gasteiger partial charge in [0.25, 0.3) is 0 Å². The lowest BCUT2D eigenvalue weighted by atomic mass is 10.0. The van der Waals surface area contributed by atoms with E-state index in [1.54, 1.807) is 0 Å². The fourth-order valence-corrected chi connectivity index (χ4v) is 5.47. The maximum atomic E-state index is 13.1. The minimum absolute atomic E-state index is 0.149. The summed E-state index contributed by atoms with van der Waals surface area (Å²) in [7, 11) is -3.68. The molecule has 2 aromatic rings. The lowest BCUT2D eigenvalue weighted by Gasteiger charge is -2.26. The second kappa shape index (κ2) is 6.93. The van der Waals surface area contributed by atoms with Crippen molar-refractivity contribution in [3.05, 3.63) is 52.0 Å². The van der Waals surface area contributed by atoms with Gasteiger partial charge in [-0.1, -0.05) is 29.3 Å². The summed E-state index contributed by atoms with van der Waals surface area (Å²) in [6.07, 6.45) is 1.54. The first-order valence-corrected chi connectivity index (χ1v) is 10.5. The van der Waals surface area contributed by atoms with Crippen molar-refractivity contribution in [2.45, 2.75) is 23.8 Å². The molecular formula is C18H17Cl2NO4S. The first-order valence-electron chi connectivity index (χ1n) is 8.33. The van der Waals surface area contributed by atoms with Crippen molar-refractivity contribution in [1.29, 1.82) is 0 Å². The number of halogens is 2. The van der Waals surface area contributed by atoms with E-state index in [1.807, 2.05) is 18.2 Å². The molecule has 2 aliphatic rings. The molecule has 0 N–H and O–H groups in total. The second-order valence-corrected chi connectivity index (χ2v) is 8.96. The van der Waals surface area contributed by atoms with Crippen LogP contribution >= 0.6 is 23.2 Å². The molecule has 1 saturated heterocycles. The van der Waals surface area contributed by atoms with Gasteiger partial charge < -0.3 is 9.47 Å². The van der Waals surface area contributed by atoms with Crippen LogP contribution in [0.15, 0.2) is 41.3 Å². The van der Waals surface area contributed by atoms with Crippen LogP contribution in [0.1, 0.15) is 24.4 Å². The van der Waals surface area contributed by atoms with Gasteiger partial charge >= 0.3 is 0 Å². The van der Waals surface area contributed by atoms with Gasteiger partial charge in [-0.2, -0.15) is 4.31 Å². The highest BCUT2D eigenvalue weighted by Crippen LogP contribution is 2.41. The van der Waals surface area contributed by atoms with Gasteiger partial charge in [-0.05, 0) is 48.7 Å². The average Bonchev–Trinajstić information content (AvgIpc) is 3.14. The van der Waals surface area contributed by atoms with Crippen molar-refractivity contribution in [2.75, 3.05) is 19.8 Å². The highest BCUT2D eigenvalue weighted by atomic mass is 35.5. The van der Waals surface area contributed by atoms with Gasteiger partial charge in [-0.25, -0.2) is 8.42 Å². The first kappa shape index (κ1) is 17.9. The molecule has 8 heteroatoms. The number of fused-ring (bicyclic) bond motifs is 1. The van der Waals surface area contributed by atoms with Crippen LogP contribution in [0.3, 0.4) is 0 Å². The quantitative estimate of drug-likeness (QED) is 0.752. The van der Waals surface area contributed by atoms with E-state index in [4.69, 9.17) is 32.7 Å². The molecule has 0 saturated carbocycles. The first-order chi connectivity index (χ1) is 12.5. The molecule has 0 amide bonds. The van der Waals surface area contributed by atoms with Gasteiger partial charge in [-0.3, -0.25) is 0 Å². The molecule has 1 atom stereocenters. The summed E-state index contributed by atoms with van der Waals surface area (Å²) in [5.41, 5.74) is 0.899. The van der Waals surface area contributed by atoms with E-state index in [-0.39, 0.29) is 16.0 Å². The molecule has 0 spiro atoms. The third-order valence-corrected chi connectivity index (χ3v) is 7.30. The lowest BCUT2D eigenvalue weighted by molar-refractivity contribution is 0.171. The molecule has 2 aliphatic heterocycles. The van der Waals surface area contributed by atoms with Gasteiger partial charge in [0.15, 0.2) is 11.5 Å². The van der Waals surface area contributed by atoms with E-state index >= 15 is 0 Å². The Kier molecular flexibility index (Phi) is 4.77.